The van der Waals surface area contributed by atoms with Gasteiger partial charge in [0.1, 0.15) is 10.5 Å². The van der Waals surface area contributed by atoms with E-state index >= 15 is 0 Å². The van der Waals surface area contributed by atoms with Crippen molar-refractivity contribution in [2.24, 2.45) is 0 Å². The van der Waals surface area contributed by atoms with E-state index in [0.29, 0.717) is 0 Å². The van der Waals surface area contributed by atoms with Crippen molar-refractivity contribution in [3.05, 3.63) is 18.0 Å². The van der Waals surface area contributed by atoms with E-state index in [4.69, 9.17) is 12.2 Å². The molecule has 0 unspecified atom stereocenters. The Labute approximate surface area is 105 Å². The third-order valence-electron chi connectivity index (χ3n) is 2.72. The van der Waals surface area contributed by atoms with E-state index in [0.717, 1.165) is 22.8 Å². The molecule has 1 fully saturated rings. The van der Waals surface area contributed by atoms with Crippen LogP contribution in [0.4, 0.5) is 0 Å². The van der Waals surface area contributed by atoms with E-state index in [2.05, 4.69) is 12.0 Å². The van der Waals surface area contributed by atoms with E-state index in [1.807, 2.05) is 24.1 Å². The molecule has 1 aliphatic heterocycles. The Hall–Kier alpha value is -0.590. The summed E-state index contributed by atoms with van der Waals surface area (Å²) in [7, 11) is 1.83. The van der Waals surface area contributed by atoms with Crippen molar-refractivity contribution in [1.82, 2.24) is 14.7 Å². The van der Waals surface area contributed by atoms with E-state index < -0.39 is 6.23 Å². The van der Waals surface area contributed by atoms with Crippen LogP contribution in [0.15, 0.2) is 12.4 Å². The SMILES string of the molecule is CCn1cc(C[C@H]2SC(=S)N(C)[C@H]2O)cn1. The normalized spacial score (nSPS) is 25.4. The van der Waals surface area contributed by atoms with Gasteiger partial charge in [-0.3, -0.25) is 4.68 Å². The zero-order valence-electron chi connectivity index (χ0n) is 9.33. The summed E-state index contributed by atoms with van der Waals surface area (Å²) in [6.45, 7) is 2.93. The lowest BCUT2D eigenvalue weighted by molar-refractivity contribution is 0.0771. The van der Waals surface area contributed by atoms with Gasteiger partial charge < -0.3 is 10.0 Å². The Balaban J connectivity index is 2.02. The second kappa shape index (κ2) is 4.73. The predicted molar refractivity (Wildman–Crippen MR) is 69.4 cm³/mol. The lowest BCUT2D eigenvalue weighted by Crippen LogP contribution is -2.33. The first-order valence-corrected chi connectivity index (χ1v) is 6.53. The van der Waals surface area contributed by atoms with Gasteiger partial charge in [-0.05, 0) is 18.9 Å². The molecule has 2 atom stereocenters. The fraction of sp³-hybridized carbons (Fsp3) is 0.600. The largest absolute Gasteiger partial charge is 0.372 e. The molecular weight excluding hydrogens is 242 g/mol. The first kappa shape index (κ1) is 11.9. The minimum atomic E-state index is -0.484. The van der Waals surface area contributed by atoms with Crippen molar-refractivity contribution in [3.63, 3.8) is 0 Å². The van der Waals surface area contributed by atoms with Crippen LogP contribution in [0.2, 0.25) is 0 Å². The van der Waals surface area contributed by atoms with Crippen molar-refractivity contribution in [2.45, 2.75) is 31.4 Å². The van der Waals surface area contributed by atoms with Gasteiger partial charge in [0.05, 0.1) is 11.4 Å². The molecular formula is C10H15N3OS2. The maximum Gasteiger partial charge on any atom is 0.140 e. The van der Waals surface area contributed by atoms with Crippen LogP contribution in [-0.2, 0) is 13.0 Å². The van der Waals surface area contributed by atoms with Gasteiger partial charge in [-0.25, -0.2) is 0 Å². The minimum absolute atomic E-state index is 0.118. The fourth-order valence-corrected chi connectivity index (χ4v) is 3.29. The summed E-state index contributed by atoms with van der Waals surface area (Å²) in [4.78, 5) is 1.74. The van der Waals surface area contributed by atoms with Gasteiger partial charge in [0.2, 0.25) is 0 Å². The van der Waals surface area contributed by atoms with Gasteiger partial charge in [-0.15, -0.1) is 0 Å². The molecule has 2 heterocycles. The lowest BCUT2D eigenvalue weighted by atomic mass is 10.2. The van der Waals surface area contributed by atoms with Crippen molar-refractivity contribution in [3.8, 4) is 0 Å². The summed E-state index contributed by atoms with van der Waals surface area (Å²) in [6, 6.07) is 0. The molecule has 0 radical (unpaired) electrons. The van der Waals surface area contributed by atoms with Crippen LogP contribution >= 0.6 is 24.0 Å². The van der Waals surface area contributed by atoms with E-state index in [1.54, 1.807) is 16.7 Å². The molecule has 1 aromatic rings. The smallest absolute Gasteiger partial charge is 0.140 e. The van der Waals surface area contributed by atoms with Crippen LogP contribution in [0.3, 0.4) is 0 Å². The number of hydrogen-bond donors (Lipinski definition) is 1. The zero-order chi connectivity index (χ0) is 11.7. The molecule has 16 heavy (non-hydrogen) atoms. The van der Waals surface area contributed by atoms with Crippen LogP contribution in [-0.4, -0.2) is 42.6 Å². The first-order valence-electron chi connectivity index (χ1n) is 5.24. The van der Waals surface area contributed by atoms with E-state index in [9.17, 15) is 5.11 Å². The molecule has 0 spiro atoms. The van der Waals surface area contributed by atoms with E-state index in [1.165, 1.54) is 0 Å². The van der Waals surface area contributed by atoms with Gasteiger partial charge in [0, 0.05) is 19.8 Å². The highest BCUT2D eigenvalue weighted by atomic mass is 32.2. The number of aliphatic hydroxyl groups is 1. The minimum Gasteiger partial charge on any atom is -0.372 e. The standard InChI is InChI=1S/C10H15N3OS2/c1-3-13-6-7(5-11-13)4-8-9(14)12(2)10(15)16-8/h5-6,8-9,14H,3-4H2,1-2H3/t8-,9+/m1/s1. The van der Waals surface area contributed by atoms with Gasteiger partial charge in [0.15, 0.2) is 0 Å². The maximum absolute atomic E-state index is 9.94. The summed E-state index contributed by atoms with van der Waals surface area (Å²) in [5.74, 6) is 0. The van der Waals surface area contributed by atoms with Crippen molar-refractivity contribution in [1.29, 1.82) is 0 Å². The predicted octanol–water partition coefficient (Wildman–Crippen LogP) is 1.10. The molecule has 0 amide bonds. The van der Waals surface area contributed by atoms with Crippen molar-refractivity contribution in [2.75, 3.05) is 7.05 Å². The first-order chi connectivity index (χ1) is 7.61. The molecule has 1 saturated heterocycles. The summed E-state index contributed by atoms with van der Waals surface area (Å²) >= 11 is 6.71. The molecule has 2 rings (SSSR count). The molecule has 0 bridgehead atoms. The third kappa shape index (κ3) is 2.23. The molecule has 1 aliphatic rings. The quantitative estimate of drug-likeness (QED) is 0.821. The average Bonchev–Trinajstić information content (AvgIpc) is 2.81. The Morgan fingerprint density at radius 1 is 1.62 bits per heavy atom. The topological polar surface area (TPSA) is 41.3 Å². The Morgan fingerprint density at radius 3 is 2.88 bits per heavy atom. The molecule has 1 aromatic heterocycles. The van der Waals surface area contributed by atoms with Gasteiger partial charge in [0.25, 0.3) is 0 Å². The Morgan fingerprint density at radius 2 is 2.38 bits per heavy atom. The lowest BCUT2D eigenvalue weighted by Gasteiger charge is -2.17. The van der Waals surface area contributed by atoms with Crippen LogP contribution < -0.4 is 0 Å². The number of hydrogen-bond acceptors (Lipinski definition) is 4. The molecule has 0 aliphatic carbocycles. The molecule has 0 aromatic carbocycles. The summed E-state index contributed by atoms with van der Waals surface area (Å²) in [5.41, 5.74) is 1.15. The van der Waals surface area contributed by atoms with Crippen LogP contribution in [0.25, 0.3) is 0 Å². The van der Waals surface area contributed by atoms with Crippen molar-refractivity contribution < 1.29 is 5.11 Å². The molecule has 4 nitrogen and oxygen atoms in total. The van der Waals surface area contributed by atoms with Crippen LogP contribution in [0, 0.1) is 0 Å². The molecule has 6 heteroatoms. The van der Waals surface area contributed by atoms with Gasteiger partial charge >= 0.3 is 0 Å². The van der Waals surface area contributed by atoms with Crippen LogP contribution in [0.1, 0.15) is 12.5 Å². The summed E-state index contributed by atoms with van der Waals surface area (Å²) in [6.07, 6.45) is 4.20. The summed E-state index contributed by atoms with van der Waals surface area (Å²) in [5, 5.41) is 14.3. The number of aromatic nitrogens is 2. The van der Waals surface area contributed by atoms with E-state index in [-0.39, 0.29) is 5.25 Å². The van der Waals surface area contributed by atoms with Gasteiger partial charge in [-0.2, -0.15) is 5.10 Å². The zero-order valence-corrected chi connectivity index (χ0v) is 11.0. The fourth-order valence-electron chi connectivity index (χ4n) is 1.70. The second-order valence-corrected chi connectivity index (χ2v) is 5.73. The highest BCUT2D eigenvalue weighted by Crippen LogP contribution is 2.31. The van der Waals surface area contributed by atoms with Crippen molar-refractivity contribution >= 4 is 28.3 Å². The molecule has 0 saturated carbocycles. The molecule has 1 N–H and O–H groups in total. The number of thiocarbonyl (C=S) groups is 1. The number of aryl methyl sites for hydroxylation is 1. The molecule has 88 valence electrons. The number of aliphatic hydroxyl groups excluding tert-OH is 1. The monoisotopic (exact) mass is 257 g/mol. The second-order valence-electron chi connectivity index (χ2n) is 3.86. The number of rotatable bonds is 3. The number of thioether (sulfide) groups is 1. The third-order valence-corrected chi connectivity index (χ3v) is 4.50. The Kier molecular flexibility index (Phi) is 3.51. The highest BCUT2D eigenvalue weighted by molar-refractivity contribution is 8.23. The summed E-state index contributed by atoms with van der Waals surface area (Å²) < 4.78 is 2.66. The highest BCUT2D eigenvalue weighted by Gasteiger charge is 2.34. The maximum atomic E-state index is 9.94. The number of nitrogens with zero attached hydrogens (tertiary/aromatic N) is 3. The van der Waals surface area contributed by atoms with Crippen LogP contribution in [0.5, 0.6) is 0 Å². The van der Waals surface area contributed by atoms with Gasteiger partial charge in [-0.1, -0.05) is 24.0 Å². The average molecular weight is 257 g/mol. The Bertz CT molecular complexity index is 393.